The predicted octanol–water partition coefficient (Wildman–Crippen LogP) is 4.08. The molecule has 0 spiro atoms. The summed E-state index contributed by atoms with van der Waals surface area (Å²) in [5.41, 5.74) is 0. The van der Waals surface area contributed by atoms with Gasteiger partial charge in [0.05, 0.1) is 60.4 Å². The van der Waals surface area contributed by atoms with E-state index in [0.29, 0.717) is 0 Å². The smallest absolute Gasteiger partial charge is 0.0768 e. The maximum atomic E-state index is 2.32. The molecule has 0 rings (SSSR count). The van der Waals surface area contributed by atoms with Gasteiger partial charge in [0, 0.05) is 0 Å². The van der Waals surface area contributed by atoms with Crippen molar-refractivity contribution in [2.75, 3.05) is 60.4 Å². The zero-order valence-corrected chi connectivity index (χ0v) is 24.6. The molecule has 0 saturated heterocycles. The van der Waals surface area contributed by atoms with Gasteiger partial charge in [-0.2, -0.15) is 0 Å². The van der Waals surface area contributed by atoms with Crippen LogP contribution in [-0.4, -0.2) is 60.4 Å². The summed E-state index contributed by atoms with van der Waals surface area (Å²) in [5.74, 6) is 0. The van der Waals surface area contributed by atoms with E-state index in [-0.39, 0.29) is 0 Å². The average molecular weight is 461 g/mol. The number of rotatable bonds is 20. The zero-order chi connectivity index (χ0) is 24.9. The predicted molar refractivity (Wildman–Crippen MR) is 149 cm³/mol. The van der Waals surface area contributed by atoms with E-state index in [2.05, 4.69) is 62.7 Å². The Morgan fingerprint density at radius 2 is 0.562 bits per heavy atom. The Morgan fingerprint density at radius 3 is 0.906 bits per heavy atom. The van der Waals surface area contributed by atoms with Crippen LogP contribution >= 0.6 is 0 Å². The molecule has 3 N–H and O–H groups in total. The van der Waals surface area contributed by atoms with E-state index < -0.39 is 0 Å². The molecule has 0 aliphatic rings. The van der Waals surface area contributed by atoms with Crippen LogP contribution in [0.5, 0.6) is 0 Å². The highest BCUT2D eigenvalue weighted by molar-refractivity contribution is 4.38. The third-order valence-electron chi connectivity index (χ3n) is 6.21. The van der Waals surface area contributed by atoms with Gasteiger partial charge in [-0.25, -0.2) is 0 Å². The van der Waals surface area contributed by atoms with Gasteiger partial charge in [0.25, 0.3) is 0 Å². The molecule has 0 aliphatic carbocycles. The summed E-state index contributed by atoms with van der Waals surface area (Å²) in [6.45, 7) is 21.7. The van der Waals surface area contributed by atoms with Crippen molar-refractivity contribution >= 4 is 0 Å². The lowest BCUT2D eigenvalue weighted by molar-refractivity contribution is -0.880. The standard InChI is InChI=1S/C11H25N.2C9H21N/c1-4-6-8-9-11-12(3)10-7-5-2;1-4-6-7-9-10(3)8-5-2;1-4-6-8-10(3)9-7-5-2/h4-11H2,1-3H3;2*4-9H2,1-3H3/p+3. The first-order valence-corrected chi connectivity index (χ1v) is 14.9. The Bertz CT molecular complexity index is 288. The second-order valence-electron chi connectivity index (χ2n) is 10.2. The van der Waals surface area contributed by atoms with Crippen molar-refractivity contribution in [3.63, 3.8) is 0 Å². The molecule has 2 unspecified atom stereocenters. The molecule has 3 heteroatoms. The largest absolute Gasteiger partial charge is 0.337 e. The summed E-state index contributed by atoms with van der Waals surface area (Å²) in [6.07, 6.45) is 19.3. The van der Waals surface area contributed by atoms with Crippen LogP contribution in [0.3, 0.4) is 0 Å². The first-order valence-electron chi connectivity index (χ1n) is 14.9. The molecule has 0 radical (unpaired) electrons. The summed E-state index contributed by atoms with van der Waals surface area (Å²) < 4.78 is 0. The molecule has 0 saturated carbocycles. The van der Waals surface area contributed by atoms with Crippen LogP contribution in [0, 0.1) is 0 Å². The maximum absolute atomic E-state index is 2.32. The van der Waals surface area contributed by atoms with E-state index in [9.17, 15) is 0 Å². The van der Waals surface area contributed by atoms with E-state index in [0.717, 1.165) is 0 Å². The molecule has 0 aromatic heterocycles. The topological polar surface area (TPSA) is 13.3 Å². The fraction of sp³-hybridized carbons (Fsp3) is 1.00. The van der Waals surface area contributed by atoms with Crippen molar-refractivity contribution in [1.82, 2.24) is 0 Å². The quantitative estimate of drug-likeness (QED) is 0.227. The molecule has 0 fully saturated rings. The minimum atomic E-state index is 1.32. The van der Waals surface area contributed by atoms with Crippen LogP contribution in [0.4, 0.5) is 0 Å². The highest BCUT2D eigenvalue weighted by Crippen LogP contribution is 1.95. The Labute approximate surface area is 206 Å². The average Bonchev–Trinajstić information content (AvgIpc) is 2.79. The Kier molecular flexibility index (Phi) is 37.7. The van der Waals surface area contributed by atoms with Crippen molar-refractivity contribution in [3.05, 3.63) is 0 Å². The minimum absolute atomic E-state index is 1.32. The minimum Gasteiger partial charge on any atom is -0.337 e. The summed E-state index contributed by atoms with van der Waals surface area (Å²) in [5, 5.41) is 0. The van der Waals surface area contributed by atoms with Gasteiger partial charge >= 0.3 is 0 Å². The fourth-order valence-corrected chi connectivity index (χ4v) is 3.77. The number of hydrogen-bond acceptors (Lipinski definition) is 0. The Hall–Kier alpha value is -0.120. The number of unbranched alkanes of at least 4 members (excludes halogenated alkanes) is 8. The van der Waals surface area contributed by atoms with E-state index in [1.807, 2.05) is 0 Å². The molecule has 32 heavy (non-hydrogen) atoms. The normalized spacial score (nSPS) is 12.6. The van der Waals surface area contributed by atoms with Gasteiger partial charge in [0.15, 0.2) is 0 Å². The lowest BCUT2D eigenvalue weighted by Gasteiger charge is -2.12. The van der Waals surface area contributed by atoms with Gasteiger partial charge < -0.3 is 14.7 Å². The van der Waals surface area contributed by atoms with Crippen molar-refractivity contribution in [2.45, 2.75) is 131 Å². The highest BCUT2D eigenvalue weighted by atomic mass is 15.1. The van der Waals surface area contributed by atoms with Crippen LogP contribution in [0.25, 0.3) is 0 Å². The molecule has 0 heterocycles. The van der Waals surface area contributed by atoms with Gasteiger partial charge in [-0.1, -0.05) is 80.1 Å². The van der Waals surface area contributed by atoms with Gasteiger partial charge in [-0.15, -0.1) is 0 Å². The second-order valence-corrected chi connectivity index (χ2v) is 10.2. The molecule has 0 aromatic carbocycles. The molecular weight excluding hydrogens is 390 g/mol. The molecule has 0 aromatic rings. The second kappa shape index (κ2) is 33.1. The van der Waals surface area contributed by atoms with Gasteiger partial charge in [0.1, 0.15) is 0 Å². The van der Waals surface area contributed by atoms with E-state index in [4.69, 9.17) is 0 Å². The van der Waals surface area contributed by atoms with Crippen molar-refractivity contribution in [3.8, 4) is 0 Å². The lowest BCUT2D eigenvalue weighted by atomic mass is 10.2. The van der Waals surface area contributed by atoms with Crippen LogP contribution in [0.2, 0.25) is 0 Å². The van der Waals surface area contributed by atoms with Crippen molar-refractivity contribution < 1.29 is 14.7 Å². The summed E-state index contributed by atoms with van der Waals surface area (Å²) in [7, 11) is 6.91. The van der Waals surface area contributed by atoms with Crippen LogP contribution in [0.15, 0.2) is 0 Å². The van der Waals surface area contributed by atoms with Crippen LogP contribution in [0.1, 0.15) is 131 Å². The molecule has 2 atom stereocenters. The summed E-state index contributed by atoms with van der Waals surface area (Å²) in [4.78, 5) is 5.10. The first-order chi connectivity index (χ1) is 15.4. The van der Waals surface area contributed by atoms with Crippen LogP contribution in [-0.2, 0) is 0 Å². The van der Waals surface area contributed by atoms with Gasteiger partial charge in [-0.05, 0) is 51.4 Å². The van der Waals surface area contributed by atoms with E-state index in [1.165, 1.54) is 129 Å². The number of quaternary nitrogens is 3. The summed E-state index contributed by atoms with van der Waals surface area (Å²) >= 11 is 0. The number of nitrogens with one attached hydrogen (secondary N) is 3. The van der Waals surface area contributed by atoms with Crippen molar-refractivity contribution in [2.24, 2.45) is 0 Å². The fourth-order valence-electron chi connectivity index (χ4n) is 3.77. The van der Waals surface area contributed by atoms with Gasteiger partial charge in [-0.3, -0.25) is 0 Å². The van der Waals surface area contributed by atoms with E-state index >= 15 is 0 Å². The third-order valence-corrected chi connectivity index (χ3v) is 6.21. The SMILES string of the molecule is CCCCCC[NH+](C)CCCC.CCCCC[NH+](C)CCC.CCCC[NH+](C)CCCC. The highest BCUT2D eigenvalue weighted by Gasteiger charge is 1.99. The van der Waals surface area contributed by atoms with E-state index in [1.54, 1.807) is 14.7 Å². The molecule has 0 bridgehead atoms. The van der Waals surface area contributed by atoms with Gasteiger partial charge in [0.2, 0.25) is 0 Å². The lowest BCUT2D eigenvalue weighted by Crippen LogP contribution is -3.09. The van der Waals surface area contributed by atoms with Crippen LogP contribution < -0.4 is 14.7 Å². The first kappa shape index (κ1) is 36.4. The summed E-state index contributed by atoms with van der Waals surface area (Å²) in [6, 6.07) is 0. The Morgan fingerprint density at radius 1 is 0.281 bits per heavy atom. The van der Waals surface area contributed by atoms with Crippen molar-refractivity contribution in [1.29, 1.82) is 0 Å². The molecular formula is C29H70N3+3. The molecule has 3 nitrogen and oxygen atoms in total. The number of hydrogen-bond donors (Lipinski definition) is 3. The molecule has 198 valence electrons. The Balaban J connectivity index is -0.000000397. The monoisotopic (exact) mass is 461 g/mol. The maximum Gasteiger partial charge on any atom is 0.0768 e. The third kappa shape index (κ3) is 37.2. The molecule has 0 aliphatic heterocycles. The zero-order valence-electron chi connectivity index (χ0n) is 24.6. The molecule has 0 amide bonds.